The van der Waals surface area contributed by atoms with Crippen LogP contribution in [0.15, 0.2) is 0 Å². The predicted molar refractivity (Wildman–Crippen MR) is 80.8 cm³/mol. The first-order valence-corrected chi connectivity index (χ1v) is 7.79. The fourth-order valence-corrected chi connectivity index (χ4v) is 4.29. The number of nitrogens with two attached hydrogens (primary N) is 1. The van der Waals surface area contributed by atoms with Crippen LogP contribution in [-0.2, 0) is 9.53 Å². The van der Waals surface area contributed by atoms with Crippen molar-refractivity contribution in [2.24, 2.45) is 23.0 Å². The van der Waals surface area contributed by atoms with Crippen molar-refractivity contribution in [3.05, 3.63) is 0 Å². The number of rotatable bonds is 2. The highest BCUT2D eigenvalue weighted by Gasteiger charge is 2.47. The third-order valence-corrected chi connectivity index (χ3v) is 5.78. The van der Waals surface area contributed by atoms with Gasteiger partial charge in [-0.1, -0.05) is 6.92 Å². The minimum absolute atomic E-state index is 0. The molecule has 3 unspecified atom stereocenters. The normalized spacial score (nSPS) is 35.5. The summed E-state index contributed by atoms with van der Waals surface area (Å²) in [6, 6.07) is 0.315. The second-order valence-corrected chi connectivity index (χ2v) is 6.62. The molecule has 2 aliphatic heterocycles. The first-order valence-electron chi connectivity index (χ1n) is 7.79. The van der Waals surface area contributed by atoms with Crippen LogP contribution in [0.3, 0.4) is 0 Å². The van der Waals surface area contributed by atoms with E-state index in [9.17, 15) is 4.79 Å². The van der Waals surface area contributed by atoms with Crippen LogP contribution >= 0.6 is 12.4 Å². The Bertz CT molecular complexity index is 358. The van der Waals surface area contributed by atoms with Gasteiger partial charge in [0.1, 0.15) is 0 Å². The van der Waals surface area contributed by atoms with Crippen molar-refractivity contribution in [1.29, 1.82) is 0 Å². The Morgan fingerprint density at radius 1 is 1.30 bits per heavy atom. The second-order valence-electron chi connectivity index (χ2n) is 6.62. The minimum Gasteiger partial charge on any atom is -0.381 e. The lowest BCUT2D eigenvalue weighted by molar-refractivity contribution is -0.147. The quantitative estimate of drug-likeness (QED) is 0.846. The Morgan fingerprint density at radius 2 is 2.00 bits per heavy atom. The van der Waals surface area contributed by atoms with Gasteiger partial charge in [-0.25, -0.2) is 0 Å². The molecule has 0 aromatic heterocycles. The van der Waals surface area contributed by atoms with Crippen LogP contribution in [0.4, 0.5) is 0 Å². The van der Waals surface area contributed by atoms with Gasteiger partial charge in [-0.15, -0.1) is 12.4 Å². The molecule has 1 amide bonds. The van der Waals surface area contributed by atoms with Gasteiger partial charge < -0.3 is 15.4 Å². The molecule has 116 valence electrons. The van der Waals surface area contributed by atoms with Crippen molar-refractivity contribution >= 4 is 18.3 Å². The van der Waals surface area contributed by atoms with Crippen molar-refractivity contribution in [2.45, 2.75) is 45.1 Å². The van der Waals surface area contributed by atoms with Crippen LogP contribution in [0.2, 0.25) is 0 Å². The highest BCUT2D eigenvalue weighted by molar-refractivity contribution is 5.85. The summed E-state index contributed by atoms with van der Waals surface area (Å²) in [5, 5.41) is 0. The maximum Gasteiger partial charge on any atom is 0.228 e. The summed E-state index contributed by atoms with van der Waals surface area (Å²) in [4.78, 5) is 15.0. The van der Waals surface area contributed by atoms with Gasteiger partial charge >= 0.3 is 0 Å². The molecule has 5 heteroatoms. The molecule has 0 spiro atoms. The number of amides is 1. The van der Waals surface area contributed by atoms with E-state index in [0.29, 0.717) is 23.8 Å². The third-order valence-electron chi connectivity index (χ3n) is 5.78. The van der Waals surface area contributed by atoms with Gasteiger partial charge in [0, 0.05) is 32.3 Å². The van der Waals surface area contributed by atoms with Crippen molar-refractivity contribution < 1.29 is 9.53 Å². The standard InChI is InChI=1S/C15H26N2O2.ClH/c1-2-15(5-7-19-8-6-15)14(18)17-9-11-3-4-13(16)12(11)10-17;/h11-13H,2-10,16H2,1H3;1H. The zero-order valence-electron chi connectivity index (χ0n) is 12.3. The molecule has 3 fully saturated rings. The zero-order valence-corrected chi connectivity index (χ0v) is 13.2. The number of hydrogen-bond donors (Lipinski definition) is 1. The van der Waals surface area contributed by atoms with Crippen LogP contribution in [0.5, 0.6) is 0 Å². The van der Waals surface area contributed by atoms with E-state index < -0.39 is 0 Å². The van der Waals surface area contributed by atoms with E-state index in [4.69, 9.17) is 10.5 Å². The molecule has 3 rings (SSSR count). The van der Waals surface area contributed by atoms with Crippen molar-refractivity contribution in [3.8, 4) is 0 Å². The van der Waals surface area contributed by atoms with Gasteiger partial charge in [0.25, 0.3) is 0 Å². The number of hydrogen-bond acceptors (Lipinski definition) is 3. The lowest BCUT2D eigenvalue weighted by Gasteiger charge is -2.38. The molecule has 1 aliphatic carbocycles. The van der Waals surface area contributed by atoms with Crippen molar-refractivity contribution in [1.82, 2.24) is 4.90 Å². The lowest BCUT2D eigenvalue weighted by Crippen LogP contribution is -2.46. The Kier molecular flexibility index (Phi) is 4.98. The van der Waals surface area contributed by atoms with E-state index in [2.05, 4.69) is 11.8 Å². The molecule has 0 aromatic carbocycles. The molecule has 2 N–H and O–H groups in total. The Morgan fingerprint density at radius 3 is 2.60 bits per heavy atom. The number of likely N-dealkylation sites (tertiary alicyclic amines) is 1. The molecule has 0 bridgehead atoms. The van der Waals surface area contributed by atoms with E-state index in [1.165, 1.54) is 6.42 Å². The summed E-state index contributed by atoms with van der Waals surface area (Å²) in [6.45, 7) is 5.46. The highest BCUT2D eigenvalue weighted by Crippen LogP contribution is 2.42. The summed E-state index contributed by atoms with van der Waals surface area (Å²) >= 11 is 0. The van der Waals surface area contributed by atoms with E-state index in [0.717, 1.165) is 52.0 Å². The summed E-state index contributed by atoms with van der Waals surface area (Å²) in [7, 11) is 0. The molecule has 4 nitrogen and oxygen atoms in total. The van der Waals surface area contributed by atoms with E-state index >= 15 is 0 Å². The Labute approximate surface area is 127 Å². The molecule has 0 radical (unpaired) electrons. The summed E-state index contributed by atoms with van der Waals surface area (Å²) in [5.74, 6) is 1.59. The van der Waals surface area contributed by atoms with Crippen LogP contribution < -0.4 is 5.73 Å². The van der Waals surface area contributed by atoms with Gasteiger partial charge in [0.05, 0.1) is 5.41 Å². The van der Waals surface area contributed by atoms with E-state index in [-0.39, 0.29) is 17.8 Å². The third kappa shape index (κ3) is 2.58. The van der Waals surface area contributed by atoms with Gasteiger partial charge in [-0.2, -0.15) is 0 Å². The maximum atomic E-state index is 12.9. The number of ether oxygens (including phenoxy) is 1. The Hall–Kier alpha value is -0.320. The van der Waals surface area contributed by atoms with Crippen LogP contribution in [0.25, 0.3) is 0 Å². The SMILES string of the molecule is CCC1(C(=O)N2CC3CCC(N)C3C2)CCOCC1.Cl. The molecule has 3 atom stereocenters. The average Bonchev–Trinajstić information content (AvgIpc) is 3.01. The topological polar surface area (TPSA) is 55.6 Å². The first-order chi connectivity index (χ1) is 9.16. The average molecular weight is 303 g/mol. The molecular weight excluding hydrogens is 276 g/mol. The summed E-state index contributed by atoms with van der Waals surface area (Å²) in [6.07, 6.45) is 5.06. The van der Waals surface area contributed by atoms with Crippen LogP contribution in [-0.4, -0.2) is 43.2 Å². The maximum absolute atomic E-state index is 12.9. The van der Waals surface area contributed by atoms with Gasteiger partial charge in [0.15, 0.2) is 0 Å². The monoisotopic (exact) mass is 302 g/mol. The van der Waals surface area contributed by atoms with Gasteiger partial charge in [-0.05, 0) is 43.9 Å². The Balaban J connectivity index is 0.00000147. The highest BCUT2D eigenvalue weighted by atomic mass is 35.5. The molecule has 0 aromatic rings. The minimum atomic E-state index is -0.152. The molecule has 3 aliphatic rings. The number of halogens is 1. The number of fused-ring (bicyclic) bond motifs is 1. The fourth-order valence-electron chi connectivity index (χ4n) is 4.29. The van der Waals surface area contributed by atoms with E-state index in [1.54, 1.807) is 0 Å². The van der Waals surface area contributed by atoms with Gasteiger partial charge in [-0.3, -0.25) is 4.79 Å². The first kappa shape index (κ1) is 16.1. The predicted octanol–water partition coefficient (Wildman–Crippen LogP) is 1.81. The summed E-state index contributed by atoms with van der Waals surface area (Å²) in [5.41, 5.74) is 6.02. The molecule has 2 heterocycles. The van der Waals surface area contributed by atoms with Crippen LogP contribution in [0.1, 0.15) is 39.0 Å². The van der Waals surface area contributed by atoms with E-state index in [1.807, 2.05) is 0 Å². The molecule has 20 heavy (non-hydrogen) atoms. The molecular formula is C15H27ClN2O2. The fraction of sp³-hybridized carbons (Fsp3) is 0.933. The second kappa shape index (κ2) is 6.20. The zero-order chi connectivity index (χ0) is 13.5. The largest absolute Gasteiger partial charge is 0.381 e. The number of nitrogens with zero attached hydrogens (tertiary/aromatic N) is 1. The van der Waals surface area contributed by atoms with Gasteiger partial charge in [0.2, 0.25) is 5.91 Å². The number of carbonyl (C=O) groups excluding carboxylic acids is 1. The number of carbonyl (C=O) groups is 1. The van der Waals surface area contributed by atoms with Crippen molar-refractivity contribution in [2.75, 3.05) is 26.3 Å². The van der Waals surface area contributed by atoms with Crippen LogP contribution in [0, 0.1) is 17.3 Å². The van der Waals surface area contributed by atoms with Crippen molar-refractivity contribution in [3.63, 3.8) is 0 Å². The lowest BCUT2D eigenvalue weighted by atomic mass is 9.76. The summed E-state index contributed by atoms with van der Waals surface area (Å²) < 4.78 is 5.44. The molecule has 1 saturated carbocycles. The smallest absolute Gasteiger partial charge is 0.228 e. The molecule has 2 saturated heterocycles.